The molecule has 0 amide bonds. The number of rotatable bonds is 5. The Morgan fingerprint density at radius 1 is 1.35 bits per heavy atom. The van der Waals surface area contributed by atoms with Crippen molar-refractivity contribution < 1.29 is 19.8 Å². The summed E-state index contributed by atoms with van der Waals surface area (Å²) in [5, 5.41) is 36.3. The number of nitrogens with zero attached hydrogens (tertiary/aromatic N) is 4. The molecule has 0 spiro atoms. The minimum atomic E-state index is -1.26. The number of anilines is 1. The molecule has 2 atom stereocenters. The summed E-state index contributed by atoms with van der Waals surface area (Å²) in [5.74, 6) is -1.24. The van der Waals surface area contributed by atoms with Crippen LogP contribution in [0.15, 0.2) is 27.5 Å². The number of aromatic nitrogens is 1. The Labute approximate surface area is 183 Å². The van der Waals surface area contributed by atoms with Crippen LogP contribution in [0.5, 0.6) is 0 Å². The summed E-state index contributed by atoms with van der Waals surface area (Å²) >= 11 is 1.53. The van der Waals surface area contributed by atoms with Crippen LogP contribution < -0.4 is 21.7 Å². The average Bonchev–Trinajstić information content (AvgIpc) is 3.21. The van der Waals surface area contributed by atoms with E-state index in [1.807, 2.05) is 0 Å². The third kappa shape index (κ3) is 10.1. The second-order valence-electron chi connectivity index (χ2n) is 6.34. The van der Waals surface area contributed by atoms with E-state index in [-0.39, 0.29) is 6.04 Å². The van der Waals surface area contributed by atoms with Gasteiger partial charge in [-0.2, -0.15) is 5.26 Å². The Bertz CT molecular complexity index is 858. The third-order valence-corrected chi connectivity index (χ3v) is 4.97. The fourth-order valence-electron chi connectivity index (χ4n) is 2.83. The molecular formula is C18H26N8O4S. The molecule has 168 valence electrons. The van der Waals surface area contributed by atoms with E-state index in [1.54, 1.807) is 20.3 Å². The first kappa shape index (κ1) is 25.4. The van der Waals surface area contributed by atoms with Gasteiger partial charge in [-0.3, -0.25) is 4.99 Å². The second kappa shape index (κ2) is 13.5. The first-order valence-corrected chi connectivity index (χ1v) is 10.2. The molecule has 0 radical (unpaired) electrons. The molecule has 1 fully saturated rings. The van der Waals surface area contributed by atoms with Crippen LogP contribution in [0.25, 0.3) is 0 Å². The number of aliphatic carboxylic acids is 2. The van der Waals surface area contributed by atoms with Gasteiger partial charge in [0.15, 0.2) is 11.1 Å². The molecule has 12 nitrogen and oxygen atoms in total. The molecule has 1 saturated carbocycles. The molecule has 2 unspecified atom stereocenters. The molecule has 1 aliphatic rings. The first-order valence-electron chi connectivity index (χ1n) is 9.28. The SMILES string of the molecule is CN=C(N)Nc1nc(C2CCCC(NC(=NC#N)NC)C2)cs1.O=C(O)C=CC(=O)O. The van der Waals surface area contributed by atoms with Crippen LogP contribution >= 0.6 is 11.3 Å². The number of thiazole rings is 1. The van der Waals surface area contributed by atoms with Gasteiger partial charge in [0.25, 0.3) is 0 Å². The van der Waals surface area contributed by atoms with Crippen LogP contribution in [0.3, 0.4) is 0 Å². The van der Waals surface area contributed by atoms with Gasteiger partial charge in [0.1, 0.15) is 0 Å². The van der Waals surface area contributed by atoms with E-state index < -0.39 is 11.9 Å². The quantitative estimate of drug-likeness (QED) is 0.162. The van der Waals surface area contributed by atoms with Crippen molar-refractivity contribution in [1.82, 2.24) is 15.6 Å². The maximum absolute atomic E-state index is 9.55. The third-order valence-electron chi connectivity index (χ3n) is 4.20. The smallest absolute Gasteiger partial charge is 0.328 e. The lowest BCUT2D eigenvalue weighted by atomic mass is 9.84. The van der Waals surface area contributed by atoms with E-state index in [4.69, 9.17) is 21.2 Å². The molecule has 1 aromatic rings. The molecule has 1 aromatic heterocycles. The summed E-state index contributed by atoms with van der Waals surface area (Å²) in [6.45, 7) is 0. The van der Waals surface area contributed by atoms with Crippen LogP contribution in [0.2, 0.25) is 0 Å². The predicted octanol–water partition coefficient (Wildman–Crippen LogP) is 0.884. The van der Waals surface area contributed by atoms with Gasteiger partial charge in [-0.1, -0.05) is 6.42 Å². The number of nitrogens with one attached hydrogen (secondary N) is 3. The zero-order valence-electron chi connectivity index (χ0n) is 17.2. The number of nitrogens with two attached hydrogens (primary N) is 1. The van der Waals surface area contributed by atoms with E-state index in [0.29, 0.717) is 30.0 Å². The maximum atomic E-state index is 9.55. The van der Waals surface area contributed by atoms with Gasteiger partial charge < -0.3 is 31.9 Å². The van der Waals surface area contributed by atoms with Crippen molar-refractivity contribution in [3.63, 3.8) is 0 Å². The molecule has 2 rings (SSSR count). The monoisotopic (exact) mass is 450 g/mol. The van der Waals surface area contributed by atoms with Crippen LogP contribution in [0.1, 0.15) is 37.3 Å². The molecule has 0 saturated heterocycles. The van der Waals surface area contributed by atoms with E-state index in [9.17, 15) is 9.59 Å². The lowest BCUT2D eigenvalue weighted by molar-refractivity contribution is -0.134. The highest BCUT2D eigenvalue weighted by Gasteiger charge is 2.25. The van der Waals surface area contributed by atoms with Crippen molar-refractivity contribution >= 4 is 40.3 Å². The summed E-state index contributed by atoms with van der Waals surface area (Å²) in [7, 11) is 3.39. The van der Waals surface area contributed by atoms with Crippen LogP contribution in [-0.2, 0) is 9.59 Å². The summed E-state index contributed by atoms with van der Waals surface area (Å²) in [6, 6.07) is 0.286. The molecule has 1 aliphatic carbocycles. The van der Waals surface area contributed by atoms with Crippen LogP contribution in [-0.4, -0.2) is 59.2 Å². The van der Waals surface area contributed by atoms with Crippen LogP contribution in [0.4, 0.5) is 5.13 Å². The standard InChI is InChI=1S/C14H22N8S.C4H4O4/c1-17-12(16)22-14-21-11(7-23-14)9-4-3-5-10(6-9)20-13(18-2)19-8-15;5-3(6)1-2-4(7)8/h7,9-10H,3-6H2,1-2H3,(H2,18,19,20)(H3,16,17,21,22);1-2H,(H,5,6)(H,7,8). The van der Waals surface area contributed by atoms with Gasteiger partial charge in [-0.05, 0) is 19.3 Å². The minimum Gasteiger partial charge on any atom is -0.478 e. The summed E-state index contributed by atoms with van der Waals surface area (Å²) in [4.78, 5) is 31.3. The maximum Gasteiger partial charge on any atom is 0.328 e. The lowest BCUT2D eigenvalue weighted by Gasteiger charge is -2.29. The molecule has 31 heavy (non-hydrogen) atoms. The zero-order valence-corrected chi connectivity index (χ0v) is 18.0. The van der Waals surface area contributed by atoms with Crippen molar-refractivity contribution in [2.45, 2.75) is 37.6 Å². The van der Waals surface area contributed by atoms with Gasteiger partial charge in [0.05, 0.1) is 5.69 Å². The van der Waals surface area contributed by atoms with E-state index in [1.165, 1.54) is 11.3 Å². The van der Waals surface area contributed by atoms with Crippen molar-refractivity contribution in [3.05, 3.63) is 23.2 Å². The molecule has 0 bridgehead atoms. The number of nitriles is 1. The highest BCUT2D eigenvalue weighted by atomic mass is 32.1. The van der Waals surface area contributed by atoms with E-state index >= 15 is 0 Å². The zero-order chi connectivity index (χ0) is 23.2. The van der Waals surface area contributed by atoms with Gasteiger partial charge >= 0.3 is 11.9 Å². The number of carboxylic acid groups (broad SMARTS) is 2. The van der Waals surface area contributed by atoms with Gasteiger partial charge in [0.2, 0.25) is 12.2 Å². The topological polar surface area (TPSA) is 198 Å². The summed E-state index contributed by atoms with van der Waals surface area (Å²) in [6.07, 6.45) is 7.17. The minimum absolute atomic E-state index is 0.286. The molecule has 1 heterocycles. The molecule has 7 N–H and O–H groups in total. The normalized spacial score (nSPS) is 19.0. The number of carboxylic acids is 2. The Kier molecular flexibility index (Phi) is 11.1. The summed E-state index contributed by atoms with van der Waals surface area (Å²) in [5.41, 5.74) is 6.74. The van der Waals surface area contributed by atoms with Crippen molar-refractivity contribution in [1.29, 1.82) is 5.26 Å². The Morgan fingerprint density at radius 3 is 2.58 bits per heavy atom. The van der Waals surface area contributed by atoms with Crippen LogP contribution in [0, 0.1) is 11.5 Å². The van der Waals surface area contributed by atoms with Crippen molar-refractivity contribution in [2.75, 3.05) is 19.4 Å². The van der Waals surface area contributed by atoms with Gasteiger partial charge in [-0.15, -0.1) is 16.3 Å². The predicted molar refractivity (Wildman–Crippen MR) is 118 cm³/mol. The van der Waals surface area contributed by atoms with E-state index in [2.05, 4.69) is 36.3 Å². The lowest BCUT2D eigenvalue weighted by Crippen LogP contribution is -2.43. The summed E-state index contributed by atoms with van der Waals surface area (Å²) < 4.78 is 0. The van der Waals surface area contributed by atoms with Gasteiger partial charge in [-0.25, -0.2) is 14.6 Å². The number of guanidine groups is 2. The fraction of sp³-hybridized carbons (Fsp3) is 0.444. The first-order chi connectivity index (χ1) is 14.8. The van der Waals surface area contributed by atoms with Crippen molar-refractivity contribution in [2.24, 2.45) is 15.7 Å². The molecule has 0 aromatic carbocycles. The number of carbonyl (C=O) groups is 2. The molecule has 13 heteroatoms. The number of hydrogen-bond donors (Lipinski definition) is 6. The molecular weight excluding hydrogens is 424 g/mol. The highest BCUT2D eigenvalue weighted by molar-refractivity contribution is 7.13. The number of hydrogen-bond acceptors (Lipinski definition) is 7. The Hall–Kier alpha value is -3.66. The molecule has 0 aliphatic heterocycles. The highest BCUT2D eigenvalue weighted by Crippen LogP contribution is 2.34. The van der Waals surface area contributed by atoms with Gasteiger partial charge in [0, 0.05) is 43.6 Å². The Morgan fingerprint density at radius 2 is 2.03 bits per heavy atom. The Balaban J connectivity index is 0.000000512. The van der Waals surface area contributed by atoms with Crippen molar-refractivity contribution in [3.8, 4) is 6.19 Å². The average molecular weight is 451 g/mol. The largest absolute Gasteiger partial charge is 0.478 e. The second-order valence-corrected chi connectivity index (χ2v) is 7.19. The fourth-order valence-corrected chi connectivity index (χ4v) is 3.63. The van der Waals surface area contributed by atoms with E-state index in [0.717, 1.165) is 36.5 Å². The number of aliphatic imine (C=N–C) groups is 2.